The summed E-state index contributed by atoms with van der Waals surface area (Å²) in [6.07, 6.45) is 6.27. The number of benzene rings is 2. The molecule has 0 radical (unpaired) electrons. The molecule has 6 nitrogen and oxygen atoms in total. The van der Waals surface area contributed by atoms with Gasteiger partial charge in [-0.25, -0.2) is 0 Å². The number of nitrogens with one attached hydrogen (secondary N) is 1. The topological polar surface area (TPSA) is 61.9 Å². The highest BCUT2D eigenvalue weighted by Gasteiger charge is 2.34. The summed E-state index contributed by atoms with van der Waals surface area (Å²) < 4.78 is 5.71. The minimum atomic E-state index is -0.412. The number of amides is 2. The number of hydrogen-bond acceptors (Lipinski definition) is 4. The number of carbonyl (C=O) groups is 2. The normalized spacial score (nSPS) is 18.7. The van der Waals surface area contributed by atoms with E-state index in [-0.39, 0.29) is 11.8 Å². The Morgan fingerprint density at radius 1 is 0.912 bits per heavy atom. The molecule has 2 aromatic carbocycles. The van der Waals surface area contributed by atoms with Crippen molar-refractivity contribution >= 4 is 17.5 Å². The fourth-order valence-electron chi connectivity index (χ4n) is 5.17. The minimum absolute atomic E-state index is 0.0625. The number of nitrogens with zero attached hydrogens (tertiary/aromatic N) is 2. The van der Waals surface area contributed by atoms with Crippen LogP contribution in [-0.2, 0) is 9.59 Å². The Hall–Kier alpha value is -2.86. The summed E-state index contributed by atoms with van der Waals surface area (Å²) in [6.45, 7) is 5.71. The first kappa shape index (κ1) is 24.3. The zero-order valence-corrected chi connectivity index (χ0v) is 20.2. The highest BCUT2D eigenvalue weighted by molar-refractivity contribution is 5.96. The van der Waals surface area contributed by atoms with Gasteiger partial charge in [-0.05, 0) is 63.4 Å². The summed E-state index contributed by atoms with van der Waals surface area (Å²) in [6, 6.07) is 17.1. The van der Waals surface area contributed by atoms with E-state index in [1.807, 2.05) is 61.5 Å². The lowest BCUT2D eigenvalue weighted by Crippen LogP contribution is -2.46. The fourth-order valence-corrected chi connectivity index (χ4v) is 5.17. The standard InChI is InChI=1S/C28H37N3O3/c1-2-34-25-15-9-8-14-24(25)29-27(32)26(22-12-6-5-7-13-22)30-20-16-23(17-21-30)28(33)31-18-10-3-4-11-19-31/h5-9,12-15,23,26H,2-4,10-11,16-21H2,1H3,(H,29,32). The number of ether oxygens (including phenoxy) is 1. The molecule has 1 unspecified atom stereocenters. The monoisotopic (exact) mass is 463 g/mol. The van der Waals surface area contributed by atoms with Crippen molar-refractivity contribution in [3.63, 3.8) is 0 Å². The van der Waals surface area contributed by atoms with E-state index < -0.39 is 6.04 Å². The Balaban J connectivity index is 1.46. The molecular weight excluding hydrogens is 426 g/mol. The van der Waals surface area contributed by atoms with Crippen LogP contribution >= 0.6 is 0 Å². The van der Waals surface area contributed by atoms with E-state index in [1.165, 1.54) is 12.8 Å². The number of anilines is 1. The molecule has 2 fully saturated rings. The molecule has 34 heavy (non-hydrogen) atoms. The molecule has 2 heterocycles. The van der Waals surface area contributed by atoms with Crippen LogP contribution in [-0.4, -0.2) is 54.4 Å². The van der Waals surface area contributed by atoms with Crippen LogP contribution < -0.4 is 10.1 Å². The third-order valence-corrected chi connectivity index (χ3v) is 6.97. The maximum absolute atomic E-state index is 13.6. The number of likely N-dealkylation sites (tertiary alicyclic amines) is 2. The number of piperidine rings is 1. The molecule has 0 spiro atoms. The molecule has 182 valence electrons. The van der Waals surface area contributed by atoms with Gasteiger partial charge in [0.15, 0.2) is 0 Å². The van der Waals surface area contributed by atoms with Crippen molar-refractivity contribution in [3.8, 4) is 5.75 Å². The van der Waals surface area contributed by atoms with Crippen LogP contribution in [0, 0.1) is 5.92 Å². The molecule has 1 N–H and O–H groups in total. The molecule has 2 aliphatic heterocycles. The maximum Gasteiger partial charge on any atom is 0.246 e. The quantitative estimate of drug-likeness (QED) is 0.636. The summed E-state index contributed by atoms with van der Waals surface area (Å²) >= 11 is 0. The molecule has 4 rings (SSSR count). The maximum atomic E-state index is 13.6. The van der Waals surface area contributed by atoms with Crippen molar-refractivity contribution in [1.29, 1.82) is 0 Å². The van der Waals surface area contributed by atoms with E-state index in [4.69, 9.17) is 4.74 Å². The van der Waals surface area contributed by atoms with Gasteiger partial charge in [0.2, 0.25) is 11.8 Å². The van der Waals surface area contributed by atoms with Crippen molar-refractivity contribution in [2.45, 2.75) is 51.5 Å². The zero-order chi connectivity index (χ0) is 23.8. The van der Waals surface area contributed by atoms with Crippen LogP contribution in [0.25, 0.3) is 0 Å². The lowest BCUT2D eigenvalue weighted by atomic mass is 9.92. The molecule has 1 atom stereocenters. The van der Waals surface area contributed by atoms with E-state index in [1.54, 1.807) is 0 Å². The largest absolute Gasteiger partial charge is 0.492 e. The third-order valence-electron chi connectivity index (χ3n) is 6.97. The lowest BCUT2D eigenvalue weighted by Gasteiger charge is -2.38. The van der Waals surface area contributed by atoms with Gasteiger partial charge in [-0.2, -0.15) is 0 Å². The van der Waals surface area contributed by atoms with Crippen LogP contribution in [0.15, 0.2) is 54.6 Å². The fraction of sp³-hybridized carbons (Fsp3) is 0.500. The van der Waals surface area contributed by atoms with Gasteiger partial charge in [0.1, 0.15) is 11.8 Å². The van der Waals surface area contributed by atoms with Gasteiger partial charge in [-0.15, -0.1) is 0 Å². The molecule has 6 heteroatoms. The number of carbonyl (C=O) groups excluding carboxylic acids is 2. The average molecular weight is 464 g/mol. The van der Waals surface area contributed by atoms with Crippen molar-refractivity contribution in [3.05, 3.63) is 60.2 Å². The van der Waals surface area contributed by atoms with Gasteiger partial charge in [0.05, 0.1) is 12.3 Å². The molecule has 2 aromatic rings. The predicted molar refractivity (Wildman–Crippen MR) is 135 cm³/mol. The summed E-state index contributed by atoms with van der Waals surface area (Å²) in [5.41, 5.74) is 1.65. The predicted octanol–water partition coefficient (Wildman–Crippen LogP) is 4.88. The molecule has 0 aliphatic carbocycles. The van der Waals surface area contributed by atoms with Crippen LogP contribution in [0.3, 0.4) is 0 Å². The number of rotatable bonds is 7. The Bertz CT molecular complexity index is 933. The Morgan fingerprint density at radius 2 is 1.56 bits per heavy atom. The van der Waals surface area contributed by atoms with Crippen LogP contribution in [0.5, 0.6) is 5.75 Å². The molecular formula is C28H37N3O3. The van der Waals surface area contributed by atoms with E-state index in [0.717, 1.165) is 57.4 Å². The second-order valence-corrected chi connectivity index (χ2v) is 9.28. The highest BCUT2D eigenvalue weighted by Crippen LogP contribution is 2.31. The first-order valence-corrected chi connectivity index (χ1v) is 12.8. The van der Waals surface area contributed by atoms with E-state index in [2.05, 4.69) is 15.1 Å². The van der Waals surface area contributed by atoms with Crippen molar-refractivity contribution in [2.75, 3.05) is 38.1 Å². The Kier molecular flexibility index (Phi) is 8.58. The molecule has 2 amide bonds. The van der Waals surface area contributed by atoms with E-state index in [9.17, 15) is 9.59 Å². The SMILES string of the molecule is CCOc1ccccc1NC(=O)C(c1ccccc1)N1CCC(C(=O)N2CCCCCC2)CC1. The Morgan fingerprint density at radius 3 is 2.24 bits per heavy atom. The molecule has 0 bridgehead atoms. The van der Waals surface area contributed by atoms with Gasteiger partial charge >= 0.3 is 0 Å². The molecule has 0 aromatic heterocycles. The second kappa shape index (κ2) is 12.0. The number of hydrogen-bond donors (Lipinski definition) is 1. The highest BCUT2D eigenvalue weighted by atomic mass is 16.5. The lowest BCUT2D eigenvalue weighted by molar-refractivity contribution is -0.137. The average Bonchev–Trinajstić information content (AvgIpc) is 3.16. The van der Waals surface area contributed by atoms with E-state index in [0.29, 0.717) is 24.0 Å². The summed E-state index contributed by atoms with van der Waals surface area (Å²) in [4.78, 5) is 31.0. The van der Waals surface area contributed by atoms with Crippen LogP contribution in [0.1, 0.15) is 57.1 Å². The van der Waals surface area contributed by atoms with Gasteiger partial charge < -0.3 is 15.0 Å². The van der Waals surface area contributed by atoms with Gasteiger partial charge in [0, 0.05) is 19.0 Å². The number of para-hydroxylation sites is 2. The van der Waals surface area contributed by atoms with Crippen LogP contribution in [0.2, 0.25) is 0 Å². The molecule has 2 aliphatic rings. The van der Waals surface area contributed by atoms with Gasteiger partial charge in [-0.3, -0.25) is 14.5 Å². The third kappa shape index (κ3) is 5.98. The summed E-state index contributed by atoms with van der Waals surface area (Å²) in [7, 11) is 0. The smallest absolute Gasteiger partial charge is 0.246 e. The summed E-state index contributed by atoms with van der Waals surface area (Å²) in [5.74, 6) is 0.975. The van der Waals surface area contributed by atoms with E-state index >= 15 is 0 Å². The van der Waals surface area contributed by atoms with Crippen molar-refractivity contribution in [1.82, 2.24) is 9.80 Å². The minimum Gasteiger partial charge on any atom is -0.492 e. The summed E-state index contributed by atoms with van der Waals surface area (Å²) in [5, 5.41) is 3.10. The Labute approximate surface area is 203 Å². The first-order chi connectivity index (χ1) is 16.7. The zero-order valence-electron chi connectivity index (χ0n) is 20.2. The first-order valence-electron chi connectivity index (χ1n) is 12.8. The molecule has 2 saturated heterocycles. The van der Waals surface area contributed by atoms with Gasteiger partial charge in [-0.1, -0.05) is 55.3 Å². The van der Waals surface area contributed by atoms with Crippen molar-refractivity contribution in [2.24, 2.45) is 5.92 Å². The van der Waals surface area contributed by atoms with Crippen molar-refractivity contribution < 1.29 is 14.3 Å². The molecule has 0 saturated carbocycles. The second-order valence-electron chi connectivity index (χ2n) is 9.28. The van der Waals surface area contributed by atoms with Gasteiger partial charge in [0.25, 0.3) is 0 Å². The van der Waals surface area contributed by atoms with Crippen LogP contribution in [0.4, 0.5) is 5.69 Å².